The van der Waals surface area contributed by atoms with Crippen LogP contribution in [-0.2, 0) is 6.61 Å². The average Bonchev–Trinajstić information content (AvgIpc) is 3.34. The number of carbonyl (C=O) groups is 2. The number of H-pyrrole nitrogens is 1. The molecule has 0 aliphatic carbocycles. The molecule has 3 rings (SSSR count). The third-order valence-electron chi connectivity index (χ3n) is 5.28. The molecule has 0 atom stereocenters. The van der Waals surface area contributed by atoms with Crippen molar-refractivity contribution in [3.05, 3.63) is 50.9 Å². The zero-order valence-corrected chi connectivity index (χ0v) is 21.2. The molecule has 1 aromatic carbocycles. The fraction of sp³-hybridized carbons (Fsp3) is 0.391. The first-order valence-corrected chi connectivity index (χ1v) is 11.3. The van der Waals surface area contributed by atoms with Gasteiger partial charge in [0, 0.05) is 21.3 Å². The third-order valence-corrected chi connectivity index (χ3v) is 5.77. The second kappa shape index (κ2) is 9.98. The lowest BCUT2D eigenvalue weighted by molar-refractivity contribution is 0.0883. The van der Waals surface area contributed by atoms with Crippen molar-refractivity contribution in [3.63, 3.8) is 0 Å². The molecule has 11 heteroatoms. The van der Waals surface area contributed by atoms with Gasteiger partial charge in [0.2, 0.25) is 5.89 Å². The first kappa shape index (κ1) is 25.4. The molecule has 0 fully saturated rings. The number of aliphatic hydroxyl groups is 1. The number of nitrogens with zero attached hydrogens (tertiary/aromatic N) is 3. The predicted octanol–water partition coefficient (Wildman–Crippen LogP) is 4.32. The Morgan fingerprint density at radius 1 is 1.24 bits per heavy atom. The molecule has 1 amide bonds. The highest BCUT2D eigenvalue weighted by Gasteiger charge is 2.27. The normalized spacial score (nSPS) is 11.5. The molecule has 2 aromatic heterocycles. The molecule has 0 aliphatic heterocycles. The number of benzene rings is 1. The lowest BCUT2D eigenvalue weighted by Crippen LogP contribution is -2.46. The summed E-state index contributed by atoms with van der Waals surface area (Å²) in [7, 11) is 0. The molecule has 2 heterocycles. The zero-order chi connectivity index (χ0) is 25.2. The van der Waals surface area contributed by atoms with Gasteiger partial charge in [-0.1, -0.05) is 15.9 Å². The summed E-state index contributed by atoms with van der Waals surface area (Å²) in [6.07, 6.45) is -1.04. The summed E-state index contributed by atoms with van der Waals surface area (Å²) in [4.78, 5) is 29.6. The SMILES string of the molecule is Cc1[nH]c(-c2nnc(CO)o2)c(C)c1C(=O)c1cc(Br)ccc1OCCN(C(=O)O)C(C)(C)C. The summed E-state index contributed by atoms with van der Waals surface area (Å²) >= 11 is 3.40. The van der Waals surface area contributed by atoms with Crippen molar-refractivity contribution in [1.29, 1.82) is 0 Å². The number of aryl methyl sites for hydroxylation is 1. The van der Waals surface area contributed by atoms with Gasteiger partial charge in [0.25, 0.3) is 5.89 Å². The molecule has 0 bridgehead atoms. The highest BCUT2D eigenvalue weighted by molar-refractivity contribution is 9.10. The predicted molar refractivity (Wildman–Crippen MR) is 127 cm³/mol. The quantitative estimate of drug-likeness (QED) is 0.362. The van der Waals surface area contributed by atoms with Crippen LogP contribution in [0.2, 0.25) is 0 Å². The number of carboxylic acid groups (broad SMARTS) is 1. The van der Waals surface area contributed by atoms with Crippen molar-refractivity contribution in [1.82, 2.24) is 20.1 Å². The van der Waals surface area contributed by atoms with Crippen molar-refractivity contribution in [2.24, 2.45) is 0 Å². The van der Waals surface area contributed by atoms with Crippen LogP contribution in [0.1, 0.15) is 53.8 Å². The second-order valence-electron chi connectivity index (χ2n) is 8.71. The lowest BCUT2D eigenvalue weighted by atomic mass is 9.99. The van der Waals surface area contributed by atoms with Crippen molar-refractivity contribution >= 4 is 27.8 Å². The number of aromatic amines is 1. The van der Waals surface area contributed by atoms with Gasteiger partial charge >= 0.3 is 6.09 Å². The summed E-state index contributed by atoms with van der Waals surface area (Å²) in [6, 6.07) is 5.09. The first-order chi connectivity index (χ1) is 15.9. The van der Waals surface area contributed by atoms with Crippen molar-refractivity contribution in [2.75, 3.05) is 13.2 Å². The third kappa shape index (κ3) is 5.31. The molecule has 0 saturated heterocycles. The molecule has 182 valence electrons. The smallest absolute Gasteiger partial charge is 0.407 e. The molecule has 0 aliphatic rings. The summed E-state index contributed by atoms with van der Waals surface area (Å²) in [6.45, 7) is 8.77. The van der Waals surface area contributed by atoms with E-state index in [4.69, 9.17) is 9.15 Å². The maximum atomic E-state index is 13.6. The Morgan fingerprint density at radius 2 is 1.94 bits per heavy atom. The number of ketones is 1. The van der Waals surface area contributed by atoms with E-state index >= 15 is 0 Å². The maximum absolute atomic E-state index is 13.6. The van der Waals surface area contributed by atoms with Crippen LogP contribution in [0.4, 0.5) is 4.79 Å². The van der Waals surface area contributed by atoms with Gasteiger partial charge in [-0.25, -0.2) is 4.79 Å². The number of rotatable bonds is 8. The van der Waals surface area contributed by atoms with E-state index in [-0.39, 0.29) is 37.3 Å². The summed E-state index contributed by atoms with van der Waals surface area (Å²) in [5.74, 6) is 0.309. The van der Waals surface area contributed by atoms with E-state index in [1.165, 1.54) is 4.90 Å². The molecule has 0 radical (unpaired) electrons. The minimum absolute atomic E-state index is 0.0721. The molecule has 3 aromatic rings. The largest absolute Gasteiger partial charge is 0.491 e. The molecule has 0 spiro atoms. The fourth-order valence-electron chi connectivity index (χ4n) is 3.63. The van der Waals surface area contributed by atoms with Crippen LogP contribution < -0.4 is 4.74 Å². The Labute approximate surface area is 205 Å². The van der Waals surface area contributed by atoms with Gasteiger partial charge in [-0.3, -0.25) is 4.79 Å². The van der Waals surface area contributed by atoms with E-state index in [0.29, 0.717) is 38.3 Å². The highest BCUT2D eigenvalue weighted by atomic mass is 79.9. The fourth-order valence-corrected chi connectivity index (χ4v) is 3.99. The lowest BCUT2D eigenvalue weighted by Gasteiger charge is -2.33. The standard InChI is InChI=1S/C23H27BrN4O6/c1-12-18(13(2)25-19(12)21-27-26-17(11-29)34-21)20(30)15-10-14(24)6-7-16(15)33-9-8-28(22(31)32)23(3,4)5/h6-7,10,25,29H,8-9,11H2,1-5H3,(H,31,32). The highest BCUT2D eigenvalue weighted by Crippen LogP contribution is 2.32. The number of nitrogens with one attached hydrogen (secondary N) is 1. The Bertz CT molecular complexity index is 1210. The molecule has 10 nitrogen and oxygen atoms in total. The molecular weight excluding hydrogens is 508 g/mol. The van der Waals surface area contributed by atoms with Crippen molar-refractivity contribution in [2.45, 2.75) is 46.8 Å². The van der Waals surface area contributed by atoms with Crippen LogP contribution in [0.5, 0.6) is 5.75 Å². The van der Waals surface area contributed by atoms with E-state index in [1.54, 1.807) is 52.8 Å². The van der Waals surface area contributed by atoms with Gasteiger partial charge in [0.05, 0.1) is 12.1 Å². The monoisotopic (exact) mass is 534 g/mol. The van der Waals surface area contributed by atoms with E-state index in [2.05, 4.69) is 31.1 Å². The van der Waals surface area contributed by atoms with E-state index < -0.39 is 11.6 Å². The van der Waals surface area contributed by atoms with Gasteiger partial charge in [0.1, 0.15) is 24.7 Å². The Kier molecular flexibility index (Phi) is 7.47. The second-order valence-corrected chi connectivity index (χ2v) is 9.62. The minimum atomic E-state index is -1.04. The van der Waals surface area contributed by atoms with Crippen LogP contribution in [0, 0.1) is 13.8 Å². The Hall–Kier alpha value is -3.18. The van der Waals surface area contributed by atoms with Crippen LogP contribution in [-0.4, -0.2) is 60.9 Å². The maximum Gasteiger partial charge on any atom is 0.407 e. The number of carbonyl (C=O) groups excluding carboxylic acids is 1. The molecule has 3 N–H and O–H groups in total. The Balaban J connectivity index is 1.90. The number of amides is 1. The number of hydrogen-bond acceptors (Lipinski definition) is 7. The van der Waals surface area contributed by atoms with Gasteiger partial charge in [-0.15, -0.1) is 10.2 Å². The van der Waals surface area contributed by atoms with Crippen LogP contribution >= 0.6 is 15.9 Å². The van der Waals surface area contributed by atoms with Gasteiger partial charge in [0.15, 0.2) is 5.78 Å². The molecule has 0 unspecified atom stereocenters. The number of halogens is 1. The summed E-state index contributed by atoms with van der Waals surface area (Å²) in [5.41, 5.74) is 1.89. The van der Waals surface area contributed by atoms with Gasteiger partial charge in [-0.05, 0) is 58.4 Å². The van der Waals surface area contributed by atoms with Crippen LogP contribution in [0.15, 0.2) is 27.1 Å². The molecule has 0 saturated carbocycles. The topological polar surface area (TPSA) is 142 Å². The van der Waals surface area contributed by atoms with Crippen LogP contribution in [0.25, 0.3) is 11.6 Å². The number of hydrogen-bond donors (Lipinski definition) is 3. The van der Waals surface area contributed by atoms with Gasteiger partial charge < -0.3 is 29.3 Å². The van der Waals surface area contributed by atoms with E-state index in [9.17, 15) is 19.8 Å². The number of aromatic nitrogens is 3. The van der Waals surface area contributed by atoms with E-state index in [0.717, 1.165) is 0 Å². The molecule has 34 heavy (non-hydrogen) atoms. The summed E-state index contributed by atoms with van der Waals surface area (Å²) in [5, 5.41) is 26.3. The van der Waals surface area contributed by atoms with Crippen molar-refractivity contribution in [3.8, 4) is 17.3 Å². The van der Waals surface area contributed by atoms with E-state index in [1.807, 2.05) is 0 Å². The number of ether oxygens (including phenoxy) is 1. The van der Waals surface area contributed by atoms with Crippen LogP contribution in [0.3, 0.4) is 0 Å². The summed E-state index contributed by atoms with van der Waals surface area (Å²) < 4.78 is 12.0. The zero-order valence-electron chi connectivity index (χ0n) is 19.6. The van der Waals surface area contributed by atoms with Gasteiger partial charge in [-0.2, -0.15) is 0 Å². The molecular formula is C23H27BrN4O6. The Morgan fingerprint density at radius 3 is 2.53 bits per heavy atom. The van der Waals surface area contributed by atoms with Crippen molar-refractivity contribution < 1.29 is 29.0 Å². The number of aliphatic hydroxyl groups excluding tert-OH is 1. The minimum Gasteiger partial charge on any atom is -0.491 e. The first-order valence-electron chi connectivity index (χ1n) is 10.5. The average molecular weight is 535 g/mol.